The monoisotopic (exact) mass is 329 g/mol. The maximum Gasteiger partial charge on any atom is 0.264 e. The fraction of sp³-hybridized carbons (Fsp3) is 0.0769. The molecular weight excluding hydrogens is 321 g/mol. The quantitative estimate of drug-likeness (QED) is 0.940. The molecule has 8 heteroatoms. The van der Waals surface area contributed by atoms with Crippen LogP contribution in [0.4, 0.5) is 10.1 Å². The number of halogens is 2. The zero-order valence-electron chi connectivity index (χ0n) is 10.5. The lowest BCUT2D eigenvalue weighted by Gasteiger charge is -2.11. The number of anilines is 1. The standard InChI is InChI=1S/C13H9ClFNO4S/c14-8-5-11-12(20-7-19-11)6-10(8)16-21(17,18)13-4-2-1-3-9(13)15/h1-6,16H,7H2. The first-order valence-corrected chi connectivity index (χ1v) is 7.70. The number of fused-ring (bicyclic) bond motifs is 1. The first kappa shape index (κ1) is 14.0. The molecule has 0 radical (unpaired) electrons. The van der Waals surface area contributed by atoms with Gasteiger partial charge in [-0.15, -0.1) is 0 Å². The summed E-state index contributed by atoms with van der Waals surface area (Å²) in [5.74, 6) is -0.0543. The second-order valence-corrected chi connectivity index (χ2v) is 6.28. The molecule has 0 saturated heterocycles. The van der Waals surface area contributed by atoms with E-state index in [0.29, 0.717) is 11.5 Å². The lowest BCUT2D eigenvalue weighted by atomic mass is 10.3. The molecule has 0 amide bonds. The summed E-state index contributed by atoms with van der Waals surface area (Å²) in [6, 6.07) is 7.89. The molecule has 0 saturated carbocycles. The van der Waals surface area contributed by atoms with Gasteiger partial charge in [-0.3, -0.25) is 4.72 Å². The molecule has 21 heavy (non-hydrogen) atoms. The van der Waals surface area contributed by atoms with E-state index in [4.69, 9.17) is 21.1 Å². The van der Waals surface area contributed by atoms with Crippen LogP contribution in [0.2, 0.25) is 5.02 Å². The highest BCUT2D eigenvalue weighted by Gasteiger charge is 2.22. The summed E-state index contributed by atoms with van der Waals surface area (Å²) < 4.78 is 50.5. The van der Waals surface area contributed by atoms with Gasteiger partial charge in [-0.05, 0) is 12.1 Å². The second kappa shape index (κ2) is 5.09. The van der Waals surface area contributed by atoms with E-state index in [2.05, 4.69) is 4.72 Å². The van der Waals surface area contributed by atoms with E-state index in [1.165, 1.54) is 30.3 Å². The molecule has 0 aliphatic carbocycles. The van der Waals surface area contributed by atoms with E-state index in [0.717, 1.165) is 6.07 Å². The molecule has 0 unspecified atom stereocenters. The highest BCUT2D eigenvalue weighted by molar-refractivity contribution is 7.92. The maximum atomic E-state index is 13.6. The van der Waals surface area contributed by atoms with Gasteiger partial charge < -0.3 is 9.47 Å². The number of sulfonamides is 1. The third-order valence-corrected chi connectivity index (χ3v) is 4.54. The van der Waals surface area contributed by atoms with Gasteiger partial charge in [0.1, 0.15) is 10.7 Å². The van der Waals surface area contributed by atoms with Gasteiger partial charge in [-0.1, -0.05) is 23.7 Å². The first-order valence-electron chi connectivity index (χ1n) is 5.84. The minimum absolute atomic E-state index is 0.0369. The molecule has 0 atom stereocenters. The molecule has 5 nitrogen and oxygen atoms in total. The fourth-order valence-electron chi connectivity index (χ4n) is 1.86. The minimum Gasteiger partial charge on any atom is -0.454 e. The summed E-state index contributed by atoms with van der Waals surface area (Å²) in [5, 5.41) is 0.124. The largest absolute Gasteiger partial charge is 0.454 e. The van der Waals surface area contributed by atoms with Crippen molar-refractivity contribution in [3.63, 3.8) is 0 Å². The van der Waals surface area contributed by atoms with Crippen LogP contribution in [-0.4, -0.2) is 15.2 Å². The van der Waals surface area contributed by atoms with Crippen molar-refractivity contribution in [1.29, 1.82) is 0 Å². The van der Waals surface area contributed by atoms with Gasteiger partial charge in [0, 0.05) is 12.1 Å². The molecule has 2 aromatic carbocycles. The molecule has 2 aromatic rings. The summed E-state index contributed by atoms with van der Waals surface area (Å²) in [7, 11) is -4.09. The zero-order valence-corrected chi connectivity index (χ0v) is 12.0. The van der Waals surface area contributed by atoms with Gasteiger partial charge in [0.25, 0.3) is 10.0 Å². The summed E-state index contributed by atoms with van der Waals surface area (Å²) >= 11 is 5.98. The Morgan fingerprint density at radius 3 is 2.52 bits per heavy atom. The molecule has 0 bridgehead atoms. The van der Waals surface area contributed by atoms with Crippen molar-refractivity contribution >= 4 is 27.3 Å². The van der Waals surface area contributed by atoms with Gasteiger partial charge >= 0.3 is 0 Å². The maximum absolute atomic E-state index is 13.6. The van der Waals surface area contributed by atoms with Crippen molar-refractivity contribution in [2.24, 2.45) is 0 Å². The van der Waals surface area contributed by atoms with E-state index < -0.39 is 20.7 Å². The van der Waals surface area contributed by atoms with E-state index in [-0.39, 0.29) is 17.5 Å². The van der Waals surface area contributed by atoms with E-state index in [9.17, 15) is 12.8 Å². The normalized spacial score (nSPS) is 13.2. The Bertz CT molecular complexity index is 810. The second-order valence-electron chi connectivity index (χ2n) is 4.22. The van der Waals surface area contributed by atoms with Crippen molar-refractivity contribution in [2.75, 3.05) is 11.5 Å². The van der Waals surface area contributed by atoms with Gasteiger partial charge in [0.2, 0.25) is 6.79 Å². The number of ether oxygens (including phenoxy) is 2. The number of nitrogens with one attached hydrogen (secondary N) is 1. The Balaban J connectivity index is 1.99. The highest BCUT2D eigenvalue weighted by atomic mass is 35.5. The smallest absolute Gasteiger partial charge is 0.264 e. The number of hydrogen-bond acceptors (Lipinski definition) is 4. The molecule has 1 heterocycles. The topological polar surface area (TPSA) is 64.6 Å². The lowest BCUT2D eigenvalue weighted by molar-refractivity contribution is 0.174. The Morgan fingerprint density at radius 2 is 1.81 bits per heavy atom. The van der Waals surface area contributed by atoms with Crippen molar-refractivity contribution in [3.8, 4) is 11.5 Å². The molecule has 1 aliphatic rings. The zero-order chi connectivity index (χ0) is 15.0. The predicted molar refractivity (Wildman–Crippen MR) is 74.8 cm³/mol. The van der Waals surface area contributed by atoms with E-state index in [1.54, 1.807) is 0 Å². The van der Waals surface area contributed by atoms with Crippen molar-refractivity contribution < 1.29 is 22.3 Å². The molecule has 3 rings (SSSR count). The van der Waals surface area contributed by atoms with Crippen LogP contribution < -0.4 is 14.2 Å². The van der Waals surface area contributed by atoms with E-state index in [1.807, 2.05) is 0 Å². The fourth-order valence-corrected chi connectivity index (χ4v) is 3.27. The number of benzene rings is 2. The van der Waals surface area contributed by atoms with Crippen LogP contribution in [-0.2, 0) is 10.0 Å². The Labute approximate surface area is 125 Å². The van der Waals surface area contributed by atoms with Crippen LogP contribution in [0.1, 0.15) is 0 Å². The third kappa shape index (κ3) is 2.62. The Hall–Kier alpha value is -1.99. The minimum atomic E-state index is -4.09. The van der Waals surface area contributed by atoms with Gasteiger partial charge in [-0.2, -0.15) is 0 Å². The molecule has 1 aliphatic heterocycles. The van der Waals surface area contributed by atoms with Crippen molar-refractivity contribution in [1.82, 2.24) is 0 Å². The highest BCUT2D eigenvalue weighted by Crippen LogP contribution is 2.39. The Morgan fingerprint density at radius 1 is 1.14 bits per heavy atom. The number of hydrogen-bond donors (Lipinski definition) is 1. The molecule has 110 valence electrons. The van der Waals surface area contributed by atoms with Crippen LogP contribution in [0, 0.1) is 5.82 Å². The van der Waals surface area contributed by atoms with Gasteiger partial charge in [-0.25, -0.2) is 12.8 Å². The SMILES string of the molecule is O=S(=O)(Nc1cc2c(cc1Cl)OCO2)c1ccccc1F. The summed E-state index contributed by atoms with van der Waals surface area (Å²) in [6.07, 6.45) is 0. The van der Waals surface area contributed by atoms with Crippen molar-refractivity contribution in [2.45, 2.75) is 4.90 Å². The lowest BCUT2D eigenvalue weighted by Crippen LogP contribution is -2.14. The molecule has 0 spiro atoms. The Kier molecular flexibility index (Phi) is 3.38. The van der Waals surface area contributed by atoms with Crippen LogP contribution in [0.25, 0.3) is 0 Å². The van der Waals surface area contributed by atoms with E-state index >= 15 is 0 Å². The van der Waals surface area contributed by atoms with Crippen LogP contribution >= 0.6 is 11.6 Å². The summed E-state index contributed by atoms with van der Waals surface area (Å²) in [5.41, 5.74) is 0.0872. The molecule has 0 aromatic heterocycles. The van der Waals surface area contributed by atoms with Crippen LogP contribution in [0.5, 0.6) is 11.5 Å². The van der Waals surface area contributed by atoms with Crippen LogP contribution in [0.15, 0.2) is 41.3 Å². The first-order chi connectivity index (χ1) is 9.97. The molecule has 1 N–H and O–H groups in total. The average molecular weight is 330 g/mol. The van der Waals surface area contributed by atoms with Crippen molar-refractivity contribution in [3.05, 3.63) is 47.2 Å². The number of rotatable bonds is 3. The van der Waals surface area contributed by atoms with Crippen LogP contribution in [0.3, 0.4) is 0 Å². The van der Waals surface area contributed by atoms with Gasteiger partial charge in [0.05, 0.1) is 10.7 Å². The summed E-state index contributed by atoms with van der Waals surface area (Å²) in [4.78, 5) is -0.460. The molecular formula is C13H9ClFNO4S. The van der Waals surface area contributed by atoms with Gasteiger partial charge in [0.15, 0.2) is 11.5 Å². The molecule has 0 fully saturated rings. The third-order valence-electron chi connectivity index (χ3n) is 2.83. The average Bonchev–Trinajstić information content (AvgIpc) is 2.86. The predicted octanol–water partition coefficient (Wildman–Crippen LogP) is 3.01. The summed E-state index contributed by atoms with van der Waals surface area (Å²) in [6.45, 7) is 0.0369.